The molecule has 1 heterocycles. The van der Waals surface area contributed by atoms with Crippen LogP contribution in [0.25, 0.3) is 11.5 Å². The maximum Gasteiger partial charge on any atom is 0.258 e. The van der Waals surface area contributed by atoms with Crippen molar-refractivity contribution in [2.45, 2.75) is 13.5 Å². The van der Waals surface area contributed by atoms with Crippen molar-refractivity contribution in [3.63, 3.8) is 0 Å². The monoisotopic (exact) mass is 315 g/mol. The lowest BCUT2D eigenvalue weighted by atomic mass is 10.2. The lowest BCUT2D eigenvalue weighted by Gasteiger charge is -1.97. The summed E-state index contributed by atoms with van der Waals surface area (Å²) in [5.41, 5.74) is 0.813. The maximum absolute atomic E-state index is 6.01. The van der Waals surface area contributed by atoms with Gasteiger partial charge in [-0.1, -0.05) is 23.7 Å². The summed E-state index contributed by atoms with van der Waals surface area (Å²) in [6.07, 6.45) is 0. The van der Waals surface area contributed by atoms with Crippen molar-refractivity contribution in [1.29, 1.82) is 0 Å². The van der Waals surface area contributed by atoms with E-state index in [2.05, 4.69) is 31.4 Å². The molecule has 6 heteroatoms. The molecule has 2 rings (SSSR count). The number of nitrogens with zero attached hydrogens (tertiary/aromatic N) is 2. The molecule has 0 spiro atoms. The zero-order chi connectivity index (χ0) is 12.3. The first-order valence-electron chi connectivity index (χ1n) is 5.19. The number of halogens is 2. The molecule has 90 valence electrons. The Morgan fingerprint density at radius 1 is 1.47 bits per heavy atom. The van der Waals surface area contributed by atoms with Crippen LogP contribution in [0.15, 0.2) is 27.2 Å². The van der Waals surface area contributed by atoms with E-state index in [1.807, 2.05) is 19.1 Å². The van der Waals surface area contributed by atoms with Crippen molar-refractivity contribution >= 4 is 27.5 Å². The Morgan fingerprint density at radius 2 is 2.29 bits per heavy atom. The van der Waals surface area contributed by atoms with Crippen LogP contribution >= 0.6 is 27.5 Å². The van der Waals surface area contributed by atoms with Gasteiger partial charge in [-0.05, 0) is 40.7 Å². The van der Waals surface area contributed by atoms with E-state index in [1.54, 1.807) is 6.07 Å². The van der Waals surface area contributed by atoms with Crippen molar-refractivity contribution in [3.8, 4) is 11.5 Å². The zero-order valence-electron chi connectivity index (χ0n) is 9.20. The highest BCUT2D eigenvalue weighted by Gasteiger charge is 2.09. The van der Waals surface area contributed by atoms with Crippen molar-refractivity contribution in [3.05, 3.63) is 33.5 Å². The van der Waals surface area contributed by atoms with E-state index < -0.39 is 0 Å². The van der Waals surface area contributed by atoms with Gasteiger partial charge in [-0.2, -0.15) is 4.98 Å². The largest absolute Gasteiger partial charge is 0.334 e. The van der Waals surface area contributed by atoms with Gasteiger partial charge >= 0.3 is 0 Å². The fourth-order valence-corrected chi connectivity index (χ4v) is 1.74. The van der Waals surface area contributed by atoms with Gasteiger partial charge < -0.3 is 9.84 Å². The van der Waals surface area contributed by atoms with E-state index in [4.69, 9.17) is 16.1 Å². The van der Waals surface area contributed by atoms with Gasteiger partial charge in [0.2, 0.25) is 0 Å². The van der Waals surface area contributed by atoms with Gasteiger partial charge in [-0.3, -0.25) is 0 Å². The number of benzene rings is 1. The molecule has 0 bridgehead atoms. The zero-order valence-corrected chi connectivity index (χ0v) is 11.5. The van der Waals surface area contributed by atoms with Crippen LogP contribution in [0.5, 0.6) is 0 Å². The Bertz CT molecular complexity index is 515. The summed E-state index contributed by atoms with van der Waals surface area (Å²) < 4.78 is 6.01. The second-order valence-electron chi connectivity index (χ2n) is 3.42. The van der Waals surface area contributed by atoms with Crippen LogP contribution in [0.4, 0.5) is 0 Å². The summed E-state index contributed by atoms with van der Waals surface area (Å²) >= 11 is 9.34. The molecule has 0 aliphatic heterocycles. The smallest absolute Gasteiger partial charge is 0.258 e. The predicted molar refractivity (Wildman–Crippen MR) is 69.8 cm³/mol. The highest BCUT2D eigenvalue weighted by atomic mass is 79.9. The normalized spacial score (nSPS) is 10.8. The molecule has 0 aliphatic carbocycles. The topological polar surface area (TPSA) is 51.0 Å². The lowest BCUT2D eigenvalue weighted by Crippen LogP contribution is -2.12. The molecule has 4 nitrogen and oxygen atoms in total. The molecule has 2 aromatic rings. The van der Waals surface area contributed by atoms with Crippen LogP contribution in [-0.2, 0) is 6.54 Å². The van der Waals surface area contributed by atoms with E-state index in [0.717, 1.165) is 16.6 Å². The number of hydrogen-bond acceptors (Lipinski definition) is 4. The third-order valence-electron chi connectivity index (χ3n) is 2.17. The molecule has 0 saturated carbocycles. The molecular weight excluding hydrogens is 305 g/mol. The molecule has 0 saturated heterocycles. The van der Waals surface area contributed by atoms with Crippen LogP contribution in [-0.4, -0.2) is 16.7 Å². The molecule has 0 radical (unpaired) electrons. The Kier molecular flexibility index (Phi) is 4.15. The van der Waals surface area contributed by atoms with Crippen LogP contribution in [0.3, 0.4) is 0 Å². The minimum absolute atomic E-state index is 0.479. The average molecular weight is 317 g/mol. The molecule has 1 N–H and O–H groups in total. The van der Waals surface area contributed by atoms with E-state index in [9.17, 15) is 0 Å². The fraction of sp³-hybridized carbons (Fsp3) is 0.273. The Labute approximate surface area is 112 Å². The molecule has 0 amide bonds. The number of rotatable bonds is 4. The van der Waals surface area contributed by atoms with Crippen molar-refractivity contribution in [2.24, 2.45) is 0 Å². The van der Waals surface area contributed by atoms with Crippen LogP contribution < -0.4 is 5.32 Å². The van der Waals surface area contributed by atoms with E-state index in [0.29, 0.717) is 23.3 Å². The molecule has 0 fully saturated rings. The number of nitrogens with one attached hydrogen (secondary N) is 1. The molecular formula is C11H11BrClN3O. The fourth-order valence-electron chi connectivity index (χ4n) is 1.31. The van der Waals surface area contributed by atoms with Crippen molar-refractivity contribution < 1.29 is 4.52 Å². The highest BCUT2D eigenvalue weighted by molar-refractivity contribution is 9.10. The van der Waals surface area contributed by atoms with Gasteiger partial charge in [0.05, 0.1) is 11.6 Å². The van der Waals surface area contributed by atoms with Crippen LogP contribution in [0.1, 0.15) is 12.7 Å². The minimum atomic E-state index is 0.479. The second kappa shape index (κ2) is 5.62. The van der Waals surface area contributed by atoms with E-state index in [1.165, 1.54) is 0 Å². The number of aromatic nitrogens is 2. The summed E-state index contributed by atoms with van der Waals surface area (Å²) in [7, 11) is 0. The summed E-state index contributed by atoms with van der Waals surface area (Å²) in [6, 6.07) is 5.52. The van der Waals surface area contributed by atoms with Gasteiger partial charge in [0.25, 0.3) is 5.89 Å². The van der Waals surface area contributed by atoms with Gasteiger partial charge in [0, 0.05) is 10.0 Å². The molecule has 17 heavy (non-hydrogen) atoms. The Hall–Kier alpha value is -0.910. The summed E-state index contributed by atoms with van der Waals surface area (Å²) in [5.74, 6) is 1.12. The van der Waals surface area contributed by atoms with Crippen LogP contribution in [0.2, 0.25) is 5.02 Å². The van der Waals surface area contributed by atoms with Gasteiger partial charge in [-0.25, -0.2) is 0 Å². The third-order valence-corrected chi connectivity index (χ3v) is 3.40. The predicted octanol–water partition coefficient (Wildman–Crippen LogP) is 3.26. The second-order valence-corrected chi connectivity index (χ2v) is 4.69. The maximum atomic E-state index is 6.01. The quantitative estimate of drug-likeness (QED) is 0.940. The van der Waals surface area contributed by atoms with Gasteiger partial charge in [0.1, 0.15) is 0 Å². The summed E-state index contributed by atoms with van der Waals surface area (Å²) in [5, 5.41) is 7.63. The van der Waals surface area contributed by atoms with Gasteiger partial charge in [0.15, 0.2) is 5.82 Å². The minimum Gasteiger partial charge on any atom is -0.334 e. The van der Waals surface area contributed by atoms with E-state index in [-0.39, 0.29) is 0 Å². The Balaban J connectivity index is 2.21. The molecule has 0 aliphatic rings. The molecule has 0 unspecified atom stereocenters. The molecule has 1 aromatic heterocycles. The first-order chi connectivity index (χ1) is 8.20. The van der Waals surface area contributed by atoms with Crippen LogP contribution in [0, 0.1) is 0 Å². The van der Waals surface area contributed by atoms with Crippen molar-refractivity contribution in [1.82, 2.24) is 15.5 Å². The lowest BCUT2D eigenvalue weighted by molar-refractivity contribution is 0.420. The summed E-state index contributed by atoms with van der Waals surface area (Å²) in [6.45, 7) is 3.49. The average Bonchev–Trinajstić information content (AvgIpc) is 2.79. The molecule has 0 atom stereocenters. The highest BCUT2D eigenvalue weighted by Crippen LogP contribution is 2.27. The first kappa shape index (κ1) is 12.5. The van der Waals surface area contributed by atoms with Gasteiger partial charge in [-0.15, -0.1) is 0 Å². The Morgan fingerprint density at radius 3 is 3.00 bits per heavy atom. The number of hydrogen-bond donors (Lipinski definition) is 1. The van der Waals surface area contributed by atoms with Crippen molar-refractivity contribution in [2.75, 3.05) is 6.54 Å². The summed E-state index contributed by atoms with van der Waals surface area (Å²) in [4.78, 5) is 4.27. The van der Waals surface area contributed by atoms with E-state index >= 15 is 0 Å². The third kappa shape index (κ3) is 3.06. The SMILES string of the molecule is CCNCc1noc(-c2ccc(Br)c(Cl)c2)n1. The molecule has 1 aromatic carbocycles. The standard InChI is InChI=1S/C11H11BrClN3O/c1-2-14-6-10-15-11(17-16-10)7-3-4-8(12)9(13)5-7/h3-5,14H,2,6H2,1H3. The first-order valence-corrected chi connectivity index (χ1v) is 6.36.